The maximum atomic E-state index is 11.5. The Balaban J connectivity index is 1.95. The van der Waals surface area contributed by atoms with Gasteiger partial charge in [-0.05, 0) is 41.3 Å². The zero-order chi connectivity index (χ0) is 17.3. The van der Waals surface area contributed by atoms with E-state index >= 15 is 0 Å². The van der Waals surface area contributed by atoms with E-state index < -0.39 is 10.0 Å². The minimum atomic E-state index is -3.78. The highest BCUT2D eigenvalue weighted by molar-refractivity contribution is 7.89. The van der Waals surface area contributed by atoms with Crippen LogP contribution in [0.1, 0.15) is 5.56 Å². The van der Waals surface area contributed by atoms with Crippen LogP contribution in [0.5, 0.6) is 5.75 Å². The van der Waals surface area contributed by atoms with E-state index in [-0.39, 0.29) is 11.5 Å². The van der Waals surface area contributed by atoms with E-state index in [2.05, 4.69) is 0 Å². The first-order chi connectivity index (χ1) is 11.3. The fraction of sp³-hybridized carbons (Fsp3) is 0.0588. The molecule has 0 saturated heterocycles. The summed E-state index contributed by atoms with van der Waals surface area (Å²) in [5, 5.41) is 7.65. The van der Waals surface area contributed by atoms with Crippen LogP contribution < -0.4 is 9.88 Å². The van der Waals surface area contributed by atoms with Crippen LogP contribution in [-0.2, 0) is 16.6 Å². The molecule has 0 fully saturated rings. The molecule has 0 amide bonds. The molecule has 124 valence electrons. The van der Waals surface area contributed by atoms with E-state index in [1.54, 1.807) is 24.3 Å². The highest BCUT2D eigenvalue weighted by atomic mass is 35.5. The molecule has 0 aliphatic rings. The second-order valence-electron chi connectivity index (χ2n) is 5.22. The lowest BCUT2D eigenvalue weighted by atomic mass is 10.1. The van der Waals surface area contributed by atoms with Crippen molar-refractivity contribution in [1.29, 1.82) is 0 Å². The molecule has 0 saturated carbocycles. The summed E-state index contributed by atoms with van der Waals surface area (Å²) < 4.78 is 28.9. The minimum absolute atomic E-state index is 0.0422. The topological polar surface area (TPSA) is 69.4 Å². The van der Waals surface area contributed by atoms with E-state index in [0.29, 0.717) is 21.2 Å². The number of hydrogen-bond donors (Lipinski definition) is 1. The smallest absolute Gasteiger partial charge is 0.238 e. The first-order valence-electron chi connectivity index (χ1n) is 6.97. The standard InChI is InChI=1S/C17H13Cl2NO3S/c18-15-7-4-11(8-16(15)19)10-23-17-3-1-2-12-5-6-13(9-14(12)17)24(20,21)22/h1-9H,10H2,(H2,20,21,22). The summed E-state index contributed by atoms with van der Waals surface area (Å²) in [6, 6.07) is 15.4. The van der Waals surface area contributed by atoms with Crippen molar-refractivity contribution < 1.29 is 13.2 Å². The van der Waals surface area contributed by atoms with Gasteiger partial charge in [0.2, 0.25) is 10.0 Å². The van der Waals surface area contributed by atoms with E-state index in [0.717, 1.165) is 10.9 Å². The number of rotatable bonds is 4. The largest absolute Gasteiger partial charge is 0.488 e. The highest BCUT2D eigenvalue weighted by Crippen LogP contribution is 2.29. The van der Waals surface area contributed by atoms with Crippen LogP contribution in [0.15, 0.2) is 59.5 Å². The number of halogens is 2. The van der Waals surface area contributed by atoms with Crippen molar-refractivity contribution >= 4 is 44.0 Å². The van der Waals surface area contributed by atoms with Gasteiger partial charge in [-0.2, -0.15) is 0 Å². The molecule has 3 aromatic rings. The number of benzene rings is 3. The summed E-state index contributed by atoms with van der Waals surface area (Å²) >= 11 is 11.9. The van der Waals surface area contributed by atoms with Gasteiger partial charge >= 0.3 is 0 Å². The summed E-state index contributed by atoms with van der Waals surface area (Å²) in [5.41, 5.74) is 0.851. The summed E-state index contributed by atoms with van der Waals surface area (Å²) in [6.07, 6.45) is 0. The van der Waals surface area contributed by atoms with Crippen LogP contribution in [0.25, 0.3) is 10.8 Å². The molecule has 4 nitrogen and oxygen atoms in total. The molecule has 3 aromatic carbocycles. The Bertz CT molecular complexity index is 1020. The Labute approximate surface area is 149 Å². The average molecular weight is 382 g/mol. The second kappa shape index (κ2) is 6.61. The van der Waals surface area contributed by atoms with Gasteiger partial charge in [0.05, 0.1) is 14.9 Å². The van der Waals surface area contributed by atoms with Crippen molar-refractivity contribution in [3.05, 3.63) is 70.2 Å². The molecule has 0 spiro atoms. The molecule has 2 N–H and O–H groups in total. The molecule has 0 heterocycles. The minimum Gasteiger partial charge on any atom is -0.488 e. The van der Waals surface area contributed by atoms with Crippen LogP contribution in [0.4, 0.5) is 0 Å². The van der Waals surface area contributed by atoms with E-state index in [9.17, 15) is 8.42 Å². The predicted molar refractivity (Wildman–Crippen MR) is 96.1 cm³/mol. The van der Waals surface area contributed by atoms with Gasteiger partial charge in [0, 0.05) is 5.39 Å². The summed E-state index contributed by atoms with van der Waals surface area (Å²) in [6.45, 7) is 0.273. The monoisotopic (exact) mass is 381 g/mol. The highest BCUT2D eigenvalue weighted by Gasteiger charge is 2.11. The molecule has 0 atom stereocenters. The molecule has 0 bridgehead atoms. The quantitative estimate of drug-likeness (QED) is 0.728. The lowest BCUT2D eigenvalue weighted by molar-refractivity contribution is 0.310. The Morgan fingerprint density at radius 2 is 1.75 bits per heavy atom. The molecule has 0 unspecified atom stereocenters. The van der Waals surface area contributed by atoms with Gasteiger partial charge in [-0.25, -0.2) is 13.6 Å². The van der Waals surface area contributed by atoms with Crippen molar-refractivity contribution in [2.45, 2.75) is 11.5 Å². The third-order valence-electron chi connectivity index (χ3n) is 3.52. The molecule has 0 aliphatic heterocycles. The number of hydrogen-bond acceptors (Lipinski definition) is 3. The molecule has 0 aliphatic carbocycles. The van der Waals surface area contributed by atoms with Crippen molar-refractivity contribution in [3.63, 3.8) is 0 Å². The number of sulfonamides is 1. The number of primary sulfonamides is 1. The predicted octanol–water partition coefficient (Wildman–Crippen LogP) is 4.37. The van der Waals surface area contributed by atoms with Crippen LogP contribution in [0.3, 0.4) is 0 Å². The van der Waals surface area contributed by atoms with Gasteiger partial charge < -0.3 is 4.74 Å². The summed E-state index contributed by atoms with van der Waals surface area (Å²) in [4.78, 5) is 0.0422. The zero-order valence-electron chi connectivity index (χ0n) is 12.4. The van der Waals surface area contributed by atoms with Crippen molar-refractivity contribution in [2.75, 3.05) is 0 Å². The van der Waals surface area contributed by atoms with Gasteiger partial charge in [0.1, 0.15) is 12.4 Å². The number of ether oxygens (including phenoxy) is 1. The Hall–Kier alpha value is -1.79. The van der Waals surface area contributed by atoms with Crippen LogP contribution in [-0.4, -0.2) is 8.42 Å². The molecule has 24 heavy (non-hydrogen) atoms. The average Bonchev–Trinajstić information content (AvgIpc) is 2.54. The molecule has 3 rings (SSSR count). The Morgan fingerprint density at radius 1 is 0.958 bits per heavy atom. The van der Waals surface area contributed by atoms with Crippen LogP contribution in [0, 0.1) is 0 Å². The number of nitrogens with two attached hydrogens (primary N) is 1. The molecular weight excluding hydrogens is 369 g/mol. The first-order valence-corrected chi connectivity index (χ1v) is 9.27. The van der Waals surface area contributed by atoms with Gasteiger partial charge in [-0.15, -0.1) is 0 Å². The second-order valence-corrected chi connectivity index (χ2v) is 7.60. The third-order valence-corrected chi connectivity index (χ3v) is 5.17. The van der Waals surface area contributed by atoms with Gasteiger partial charge in [0.25, 0.3) is 0 Å². The SMILES string of the molecule is NS(=O)(=O)c1ccc2cccc(OCc3ccc(Cl)c(Cl)c3)c2c1. The molecule has 0 aromatic heterocycles. The summed E-state index contributed by atoms with van der Waals surface area (Å²) in [5.74, 6) is 0.559. The third kappa shape index (κ3) is 3.65. The van der Waals surface area contributed by atoms with Gasteiger partial charge in [0.15, 0.2) is 0 Å². The van der Waals surface area contributed by atoms with Gasteiger partial charge in [-0.1, -0.05) is 47.5 Å². The van der Waals surface area contributed by atoms with Crippen molar-refractivity contribution in [2.24, 2.45) is 5.14 Å². The van der Waals surface area contributed by atoms with Gasteiger partial charge in [-0.3, -0.25) is 0 Å². The lowest BCUT2D eigenvalue weighted by Gasteiger charge is -2.11. The van der Waals surface area contributed by atoms with E-state index in [1.807, 2.05) is 18.2 Å². The fourth-order valence-corrected chi connectivity index (χ4v) is 3.18. The lowest BCUT2D eigenvalue weighted by Crippen LogP contribution is -2.11. The van der Waals surface area contributed by atoms with E-state index in [4.69, 9.17) is 33.1 Å². The van der Waals surface area contributed by atoms with Crippen LogP contribution >= 0.6 is 23.2 Å². The van der Waals surface area contributed by atoms with E-state index in [1.165, 1.54) is 12.1 Å². The first kappa shape index (κ1) is 17.0. The van der Waals surface area contributed by atoms with Crippen molar-refractivity contribution in [3.8, 4) is 5.75 Å². The fourth-order valence-electron chi connectivity index (χ4n) is 2.32. The number of fused-ring (bicyclic) bond motifs is 1. The zero-order valence-corrected chi connectivity index (χ0v) is 14.7. The molecule has 7 heteroatoms. The Kier molecular flexibility index (Phi) is 4.69. The summed E-state index contributed by atoms with van der Waals surface area (Å²) in [7, 11) is -3.78. The maximum absolute atomic E-state index is 11.5. The maximum Gasteiger partial charge on any atom is 0.238 e. The Morgan fingerprint density at radius 3 is 2.46 bits per heavy atom. The normalized spacial score (nSPS) is 11.6. The molecule has 0 radical (unpaired) electrons. The van der Waals surface area contributed by atoms with Crippen LogP contribution in [0.2, 0.25) is 10.0 Å². The van der Waals surface area contributed by atoms with Crippen molar-refractivity contribution in [1.82, 2.24) is 0 Å². The molecular formula is C17H13Cl2NO3S.